The van der Waals surface area contributed by atoms with Crippen LogP contribution in [0.1, 0.15) is 35.7 Å². The summed E-state index contributed by atoms with van der Waals surface area (Å²) in [5, 5.41) is 3.17. The smallest absolute Gasteiger partial charge is 0.251 e. The molecule has 0 saturated heterocycles. The molecule has 2 N–H and O–H groups in total. The topological polar surface area (TPSA) is 74.8 Å². The molecule has 1 unspecified atom stereocenters. The van der Waals surface area contributed by atoms with E-state index >= 15 is 0 Å². The maximum absolute atomic E-state index is 12.7. The molecule has 1 amide bonds. The highest BCUT2D eigenvalue weighted by atomic mass is 32.2. The van der Waals surface area contributed by atoms with Crippen LogP contribution in [-0.2, 0) is 4.79 Å². The number of carbonyl (C=O) groups is 1. The van der Waals surface area contributed by atoms with Crippen LogP contribution in [0.4, 0.5) is 5.69 Å². The molecule has 0 aliphatic heterocycles. The predicted octanol–water partition coefficient (Wildman–Crippen LogP) is 3.51. The number of benzene rings is 1. The average molecular weight is 345 g/mol. The van der Waals surface area contributed by atoms with Crippen molar-refractivity contribution in [2.24, 2.45) is 0 Å². The zero-order valence-electron chi connectivity index (χ0n) is 14.7. The Kier molecular flexibility index (Phi) is 5.83. The zero-order valence-corrected chi connectivity index (χ0v) is 15.5. The standard InChI is InChI=1S/C18H23N3O2S/c1-6-14(24-18-19-13(5)9-15(22)20-18)17(23)21-16-11(3)7-10(2)8-12(16)4/h7-9,14H,6H2,1-5H3,(H,21,23)(H,19,20,22). The lowest BCUT2D eigenvalue weighted by Gasteiger charge is -2.17. The predicted molar refractivity (Wildman–Crippen MR) is 98.8 cm³/mol. The van der Waals surface area contributed by atoms with Gasteiger partial charge in [0.15, 0.2) is 5.16 Å². The molecule has 128 valence electrons. The second-order valence-corrected chi connectivity index (χ2v) is 7.16. The summed E-state index contributed by atoms with van der Waals surface area (Å²) in [6.45, 7) is 9.72. The van der Waals surface area contributed by atoms with Gasteiger partial charge in [0, 0.05) is 17.4 Å². The zero-order chi connectivity index (χ0) is 17.9. The minimum atomic E-state index is -0.324. The third-order valence-electron chi connectivity index (χ3n) is 3.69. The molecular formula is C18H23N3O2S. The molecule has 0 radical (unpaired) electrons. The number of aromatic nitrogens is 2. The molecule has 2 rings (SSSR count). The van der Waals surface area contributed by atoms with E-state index in [1.807, 2.05) is 27.7 Å². The molecule has 0 saturated carbocycles. The lowest BCUT2D eigenvalue weighted by atomic mass is 10.0. The van der Waals surface area contributed by atoms with Crippen molar-refractivity contribution in [1.29, 1.82) is 0 Å². The van der Waals surface area contributed by atoms with Gasteiger partial charge < -0.3 is 10.3 Å². The first-order chi connectivity index (χ1) is 11.3. The summed E-state index contributed by atoms with van der Waals surface area (Å²) in [6.07, 6.45) is 0.637. The van der Waals surface area contributed by atoms with Crippen LogP contribution in [0.15, 0.2) is 28.2 Å². The molecule has 24 heavy (non-hydrogen) atoms. The lowest BCUT2D eigenvalue weighted by molar-refractivity contribution is -0.115. The van der Waals surface area contributed by atoms with Gasteiger partial charge in [-0.3, -0.25) is 9.59 Å². The molecule has 0 aliphatic carbocycles. The van der Waals surface area contributed by atoms with E-state index in [9.17, 15) is 9.59 Å². The van der Waals surface area contributed by atoms with Crippen LogP contribution in [0.2, 0.25) is 0 Å². The Morgan fingerprint density at radius 2 is 1.83 bits per heavy atom. The van der Waals surface area contributed by atoms with Crippen LogP contribution in [0, 0.1) is 27.7 Å². The number of H-pyrrole nitrogens is 1. The minimum Gasteiger partial charge on any atom is -0.325 e. The van der Waals surface area contributed by atoms with Crippen molar-refractivity contribution >= 4 is 23.4 Å². The Morgan fingerprint density at radius 1 is 1.21 bits per heavy atom. The molecule has 1 heterocycles. The number of nitrogens with one attached hydrogen (secondary N) is 2. The summed E-state index contributed by atoms with van der Waals surface area (Å²) in [7, 11) is 0. The molecule has 6 heteroatoms. The Hall–Kier alpha value is -2.08. The van der Waals surface area contributed by atoms with E-state index in [0.29, 0.717) is 17.3 Å². The van der Waals surface area contributed by atoms with Gasteiger partial charge in [0.25, 0.3) is 5.56 Å². The minimum absolute atomic E-state index is 0.0818. The monoisotopic (exact) mass is 345 g/mol. The SMILES string of the molecule is CCC(Sc1nc(C)cc(=O)[nH]1)C(=O)Nc1c(C)cc(C)cc1C. The van der Waals surface area contributed by atoms with Crippen molar-refractivity contribution in [2.75, 3.05) is 5.32 Å². The van der Waals surface area contributed by atoms with Crippen molar-refractivity contribution in [1.82, 2.24) is 9.97 Å². The maximum atomic E-state index is 12.7. The molecule has 1 aromatic heterocycles. The van der Waals surface area contributed by atoms with Crippen molar-refractivity contribution in [3.05, 3.63) is 50.9 Å². The van der Waals surface area contributed by atoms with Gasteiger partial charge in [-0.25, -0.2) is 4.98 Å². The van der Waals surface area contributed by atoms with Crippen LogP contribution in [0.5, 0.6) is 0 Å². The van der Waals surface area contributed by atoms with Crippen LogP contribution in [0.3, 0.4) is 0 Å². The van der Waals surface area contributed by atoms with E-state index in [-0.39, 0.29) is 16.7 Å². The average Bonchev–Trinajstić information content (AvgIpc) is 2.47. The highest BCUT2D eigenvalue weighted by Crippen LogP contribution is 2.26. The van der Waals surface area contributed by atoms with Gasteiger partial charge in [0.05, 0.1) is 5.25 Å². The van der Waals surface area contributed by atoms with E-state index in [1.54, 1.807) is 6.92 Å². The first-order valence-corrected chi connectivity index (χ1v) is 8.81. The number of hydrogen-bond acceptors (Lipinski definition) is 4. The highest BCUT2D eigenvalue weighted by Gasteiger charge is 2.20. The summed E-state index contributed by atoms with van der Waals surface area (Å²) in [5.74, 6) is -0.0818. The summed E-state index contributed by atoms with van der Waals surface area (Å²) in [6, 6.07) is 5.54. The van der Waals surface area contributed by atoms with Crippen molar-refractivity contribution in [3.8, 4) is 0 Å². The Bertz CT molecular complexity index is 791. The van der Waals surface area contributed by atoms with Gasteiger partial charge in [0.1, 0.15) is 0 Å². The molecule has 0 bridgehead atoms. The maximum Gasteiger partial charge on any atom is 0.251 e. The van der Waals surface area contributed by atoms with Crippen LogP contribution < -0.4 is 10.9 Å². The fourth-order valence-corrected chi connectivity index (χ4v) is 3.60. The lowest BCUT2D eigenvalue weighted by Crippen LogP contribution is -2.26. The van der Waals surface area contributed by atoms with Gasteiger partial charge in [-0.1, -0.05) is 36.4 Å². The van der Waals surface area contributed by atoms with Gasteiger partial charge in [-0.05, 0) is 45.2 Å². The fourth-order valence-electron chi connectivity index (χ4n) is 2.65. The second kappa shape index (κ2) is 7.66. The Balaban J connectivity index is 2.19. The number of amides is 1. The molecule has 5 nitrogen and oxygen atoms in total. The third kappa shape index (κ3) is 4.47. The largest absolute Gasteiger partial charge is 0.325 e. The van der Waals surface area contributed by atoms with E-state index in [0.717, 1.165) is 16.8 Å². The molecule has 0 spiro atoms. The number of thioether (sulfide) groups is 1. The highest BCUT2D eigenvalue weighted by molar-refractivity contribution is 8.00. The molecule has 1 aromatic carbocycles. The molecule has 1 atom stereocenters. The third-order valence-corrected chi connectivity index (χ3v) is 4.94. The van der Waals surface area contributed by atoms with Crippen molar-refractivity contribution in [2.45, 2.75) is 51.4 Å². The normalized spacial score (nSPS) is 12.0. The number of aryl methyl sites for hydroxylation is 4. The summed E-state index contributed by atoms with van der Waals surface area (Å²) >= 11 is 1.28. The number of nitrogens with zero attached hydrogens (tertiary/aromatic N) is 1. The number of carbonyl (C=O) groups excluding carboxylic acids is 1. The quantitative estimate of drug-likeness (QED) is 0.642. The van der Waals surface area contributed by atoms with Crippen molar-refractivity contribution < 1.29 is 4.79 Å². The number of hydrogen-bond donors (Lipinski definition) is 2. The first-order valence-electron chi connectivity index (χ1n) is 7.93. The number of rotatable bonds is 5. The van der Waals surface area contributed by atoms with Crippen molar-refractivity contribution in [3.63, 3.8) is 0 Å². The van der Waals surface area contributed by atoms with E-state index in [4.69, 9.17) is 0 Å². The van der Waals surface area contributed by atoms with Crippen LogP contribution in [-0.4, -0.2) is 21.1 Å². The van der Waals surface area contributed by atoms with E-state index < -0.39 is 0 Å². The van der Waals surface area contributed by atoms with Crippen LogP contribution in [0.25, 0.3) is 0 Å². The summed E-state index contributed by atoms with van der Waals surface area (Å²) < 4.78 is 0. The molecule has 0 fully saturated rings. The Morgan fingerprint density at radius 3 is 2.38 bits per heavy atom. The number of anilines is 1. The fraction of sp³-hybridized carbons (Fsp3) is 0.389. The summed E-state index contributed by atoms with van der Waals surface area (Å²) in [4.78, 5) is 31.2. The van der Waals surface area contributed by atoms with Gasteiger partial charge in [0.2, 0.25) is 5.91 Å². The summed E-state index contributed by atoms with van der Waals surface area (Å²) in [5.41, 5.74) is 4.55. The number of aromatic amines is 1. The first kappa shape index (κ1) is 18.3. The second-order valence-electron chi connectivity index (χ2n) is 5.97. The van der Waals surface area contributed by atoms with Gasteiger partial charge in [-0.15, -0.1) is 0 Å². The van der Waals surface area contributed by atoms with Gasteiger partial charge >= 0.3 is 0 Å². The van der Waals surface area contributed by atoms with Gasteiger partial charge in [-0.2, -0.15) is 0 Å². The molecular weight excluding hydrogens is 322 g/mol. The molecule has 0 aliphatic rings. The Labute approximate surface area is 146 Å². The van der Waals surface area contributed by atoms with E-state index in [1.165, 1.54) is 23.4 Å². The van der Waals surface area contributed by atoms with Crippen LogP contribution >= 0.6 is 11.8 Å². The van der Waals surface area contributed by atoms with E-state index in [2.05, 4.69) is 27.4 Å². The molecule has 2 aromatic rings.